The summed E-state index contributed by atoms with van der Waals surface area (Å²) in [5, 5.41) is 3.05. The largest absolute Gasteiger partial charge is 0.443 e. The summed E-state index contributed by atoms with van der Waals surface area (Å²) < 4.78 is 4.95. The number of nitrogens with one attached hydrogen (secondary N) is 1. The number of alkyl carbamates (subject to hydrolysis) is 1. The van der Waals surface area contributed by atoms with Crippen molar-refractivity contribution in [2.24, 2.45) is 0 Å². The van der Waals surface area contributed by atoms with Crippen LogP contribution in [0.15, 0.2) is 11.2 Å². The molecule has 1 unspecified atom stereocenters. The number of nitrogens with two attached hydrogens (primary N) is 2. The summed E-state index contributed by atoms with van der Waals surface area (Å²) in [6, 6.07) is 1.49. The van der Waals surface area contributed by atoms with Crippen LogP contribution in [-0.2, 0) is 4.74 Å². The molecule has 1 aliphatic rings. The molecule has 0 spiro atoms. The molecule has 2 heterocycles. The van der Waals surface area contributed by atoms with Crippen molar-refractivity contribution in [3.8, 4) is 0 Å². The third-order valence-electron chi connectivity index (χ3n) is 1.89. The number of anilines is 2. The number of hydrogen-bond acceptors (Lipinski definition) is 7. The maximum Gasteiger partial charge on any atom is 0.407 e. The standard InChI is InChI=1S/C8H11N5O2S/c9-5-1-6(10)13-7(12-5)16-3-4-2-11-8(14)15-4/h1,4H,2-3H2,(H,11,14)(H4,9,10,12,13). The van der Waals surface area contributed by atoms with Crippen LogP contribution in [0.1, 0.15) is 0 Å². The molecule has 0 aromatic carbocycles. The molecular weight excluding hydrogens is 230 g/mol. The summed E-state index contributed by atoms with van der Waals surface area (Å²) in [6.45, 7) is 0.504. The zero-order chi connectivity index (χ0) is 11.5. The smallest absolute Gasteiger partial charge is 0.407 e. The number of nitrogen functional groups attached to an aromatic ring is 2. The predicted molar refractivity (Wildman–Crippen MR) is 59.9 cm³/mol. The fourth-order valence-corrected chi connectivity index (χ4v) is 2.08. The van der Waals surface area contributed by atoms with Gasteiger partial charge in [0.05, 0.1) is 6.54 Å². The van der Waals surface area contributed by atoms with Gasteiger partial charge in [-0.3, -0.25) is 0 Å². The summed E-state index contributed by atoms with van der Waals surface area (Å²) in [5.74, 6) is 1.23. The van der Waals surface area contributed by atoms with E-state index in [1.54, 1.807) is 0 Å². The molecular formula is C8H11N5O2S. The molecule has 0 radical (unpaired) electrons. The highest BCUT2D eigenvalue weighted by molar-refractivity contribution is 7.99. The number of rotatable bonds is 3. The summed E-state index contributed by atoms with van der Waals surface area (Å²) in [6.07, 6.45) is -0.553. The molecule has 0 saturated carbocycles. The Balaban J connectivity index is 1.91. The van der Waals surface area contributed by atoms with Gasteiger partial charge < -0.3 is 21.5 Å². The van der Waals surface area contributed by atoms with E-state index in [0.29, 0.717) is 29.1 Å². The van der Waals surface area contributed by atoms with Crippen LogP contribution in [-0.4, -0.2) is 34.5 Å². The third kappa shape index (κ3) is 2.66. The van der Waals surface area contributed by atoms with E-state index in [-0.39, 0.29) is 6.10 Å². The number of carbonyl (C=O) groups excluding carboxylic acids is 1. The van der Waals surface area contributed by atoms with E-state index < -0.39 is 6.09 Å². The fourth-order valence-electron chi connectivity index (χ4n) is 1.22. The first kappa shape index (κ1) is 10.8. The van der Waals surface area contributed by atoms with Gasteiger partial charge in [0.25, 0.3) is 0 Å². The van der Waals surface area contributed by atoms with E-state index >= 15 is 0 Å². The number of hydrogen-bond donors (Lipinski definition) is 3. The summed E-state index contributed by atoms with van der Waals surface area (Å²) in [5.41, 5.74) is 11.0. The zero-order valence-corrected chi connectivity index (χ0v) is 9.16. The number of aromatic nitrogens is 2. The van der Waals surface area contributed by atoms with Gasteiger partial charge in [-0.2, -0.15) is 0 Å². The number of amides is 1. The molecule has 7 nitrogen and oxygen atoms in total. The van der Waals surface area contributed by atoms with Crippen LogP contribution in [0, 0.1) is 0 Å². The summed E-state index contributed by atoms with van der Waals surface area (Å²) in [7, 11) is 0. The average molecular weight is 241 g/mol. The van der Waals surface area contributed by atoms with E-state index in [9.17, 15) is 4.79 Å². The van der Waals surface area contributed by atoms with Crippen molar-refractivity contribution < 1.29 is 9.53 Å². The van der Waals surface area contributed by atoms with Gasteiger partial charge in [0.1, 0.15) is 17.7 Å². The van der Waals surface area contributed by atoms with E-state index in [0.717, 1.165) is 0 Å². The second-order valence-electron chi connectivity index (χ2n) is 3.22. The number of ether oxygens (including phenoxy) is 1. The molecule has 1 aromatic rings. The lowest BCUT2D eigenvalue weighted by Crippen LogP contribution is -2.17. The van der Waals surface area contributed by atoms with Crippen LogP contribution in [0.2, 0.25) is 0 Å². The highest BCUT2D eigenvalue weighted by Crippen LogP contribution is 2.19. The first-order chi connectivity index (χ1) is 7.63. The third-order valence-corrected chi connectivity index (χ3v) is 2.87. The lowest BCUT2D eigenvalue weighted by atomic mass is 10.4. The van der Waals surface area contributed by atoms with Crippen LogP contribution in [0.25, 0.3) is 0 Å². The van der Waals surface area contributed by atoms with E-state index in [1.165, 1.54) is 17.8 Å². The van der Waals surface area contributed by atoms with Crippen molar-refractivity contribution in [2.45, 2.75) is 11.3 Å². The van der Waals surface area contributed by atoms with Crippen LogP contribution in [0.5, 0.6) is 0 Å². The maximum atomic E-state index is 10.8. The average Bonchev–Trinajstić information content (AvgIpc) is 2.60. The van der Waals surface area contributed by atoms with Crippen LogP contribution >= 0.6 is 11.8 Å². The lowest BCUT2D eigenvalue weighted by Gasteiger charge is -2.06. The zero-order valence-electron chi connectivity index (χ0n) is 8.34. The summed E-state index contributed by atoms with van der Waals surface area (Å²) >= 11 is 1.35. The normalized spacial score (nSPS) is 19.2. The quantitative estimate of drug-likeness (QED) is 0.497. The van der Waals surface area contributed by atoms with E-state index in [4.69, 9.17) is 16.2 Å². The molecule has 8 heteroatoms. The van der Waals surface area contributed by atoms with Crippen LogP contribution < -0.4 is 16.8 Å². The Kier molecular flexibility index (Phi) is 3.00. The Morgan fingerprint density at radius 2 is 2.19 bits per heavy atom. The predicted octanol–water partition coefficient (Wildman–Crippen LogP) is -0.158. The van der Waals surface area contributed by atoms with Crippen molar-refractivity contribution in [1.82, 2.24) is 15.3 Å². The van der Waals surface area contributed by atoms with Gasteiger partial charge in [-0.05, 0) is 0 Å². The molecule has 16 heavy (non-hydrogen) atoms. The van der Waals surface area contributed by atoms with Crippen LogP contribution in [0.3, 0.4) is 0 Å². The highest BCUT2D eigenvalue weighted by atomic mass is 32.2. The van der Waals surface area contributed by atoms with Gasteiger partial charge in [0.2, 0.25) is 0 Å². The molecule has 0 aliphatic carbocycles. The van der Waals surface area contributed by atoms with Gasteiger partial charge >= 0.3 is 6.09 Å². The van der Waals surface area contributed by atoms with Crippen molar-refractivity contribution >= 4 is 29.5 Å². The molecule has 1 amide bonds. The summed E-state index contributed by atoms with van der Waals surface area (Å²) in [4.78, 5) is 18.8. The minimum atomic E-state index is -0.390. The molecule has 1 atom stereocenters. The van der Waals surface area contributed by atoms with Gasteiger partial charge in [-0.1, -0.05) is 11.8 Å². The highest BCUT2D eigenvalue weighted by Gasteiger charge is 2.22. The van der Waals surface area contributed by atoms with Gasteiger partial charge in [-0.15, -0.1) is 0 Å². The molecule has 0 bridgehead atoms. The van der Waals surface area contributed by atoms with Crippen molar-refractivity contribution in [2.75, 3.05) is 23.8 Å². The van der Waals surface area contributed by atoms with Crippen molar-refractivity contribution in [3.05, 3.63) is 6.07 Å². The van der Waals surface area contributed by atoms with E-state index in [2.05, 4.69) is 15.3 Å². The Labute approximate surface area is 96.0 Å². The molecule has 1 fully saturated rings. The molecule has 5 N–H and O–H groups in total. The second-order valence-corrected chi connectivity index (χ2v) is 4.21. The molecule has 86 valence electrons. The molecule has 1 aliphatic heterocycles. The Morgan fingerprint density at radius 1 is 1.50 bits per heavy atom. The molecule has 1 aromatic heterocycles. The lowest BCUT2D eigenvalue weighted by molar-refractivity contribution is 0.150. The fraction of sp³-hybridized carbons (Fsp3) is 0.375. The Bertz CT molecular complexity index is 393. The molecule has 1 saturated heterocycles. The minimum Gasteiger partial charge on any atom is -0.443 e. The maximum absolute atomic E-state index is 10.8. The first-order valence-corrected chi connectivity index (χ1v) is 5.59. The SMILES string of the molecule is Nc1cc(N)nc(SCC2CNC(=O)O2)n1. The van der Waals surface area contributed by atoms with Gasteiger partial charge in [-0.25, -0.2) is 14.8 Å². The van der Waals surface area contributed by atoms with Gasteiger partial charge in [0.15, 0.2) is 5.16 Å². The number of thioether (sulfide) groups is 1. The Morgan fingerprint density at radius 3 is 2.75 bits per heavy atom. The minimum absolute atomic E-state index is 0.163. The Hall–Kier alpha value is -1.70. The number of nitrogens with zero attached hydrogens (tertiary/aromatic N) is 2. The first-order valence-electron chi connectivity index (χ1n) is 4.61. The van der Waals surface area contributed by atoms with Crippen molar-refractivity contribution in [1.29, 1.82) is 0 Å². The van der Waals surface area contributed by atoms with Crippen molar-refractivity contribution in [3.63, 3.8) is 0 Å². The number of carbonyl (C=O) groups is 1. The second kappa shape index (κ2) is 4.44. The van der Waals surface area contributed by atoms with E-state index in [1.807, 2.05) is 0 Å². The molecule has 2 rings (SSSR count). The van der Waals surface area contributed by atoms with Gasteiger partial charge in [0, 0.05) is 11.8 Å². The number of cyclic esters (lactones) is 1. The van der Waals surface area contributed by atoms with Crippen LogP contribution in [0.4, 0.5) is 16.4 Å². The monoisotopic (exact) mass is 241 g/mol. The topological polar surface area (TPSA) is 116 Å².